The number of alkyl carbamates (subject to hydrolysis) is 1. The number of rotatable bonds is 79. The van der Waals surface area contributed by atoms with Gasteiger partial charge >= 0.3 is 12.1 Å². The van der Waals surface area contributed by atoms with E-state index in [1.165, 1.54) is 21.1 Å². The smallest absolute Gasteiger partial charge is 0.407 e. The second kappa shape index (κ2) is 73.4. The van der Waals surface area contributed by atoms with Gasteiger partial charge in [-0.25, -0.2) is 9.59 Å². The number of ether oxygens (including phenoxy) is 17. The number of likely N-dealkylation sites (tertiary alicyclic amines) is 1. The average molecular weight is 1890 g/mol. The van der Waals surface area contributed by atoms with Gasteiger partial charge in [-0.2, -0.15) is 0 Å². The molecule has 1 aliphatic heterocycles. The molecule has 2 unspecified atom stereocenters. The second-order valence-electron chi connectivity index (χ2n) is 34.0. The maximum Gasteiger partial charge on any atom is 0.407 e. The molecule has 1 heterocycles. The van der Waals surface area contributed by atoms with Crippen molar-refractivity contribution in [1.82, 2.24) is 62.6 Å². The van der Waals surface area contributed by atoms with Gasteiger partial charge in [-0.3, -0.25) is 52.8 Å². The van der Waals surface area contributed by atoms with Crippen LogP contribution in [0.2, 0.25) is 0 Å². The SMILES string of the molecule is CC[C@H](C)[C@@H]([C@@H](CC(=O)N1CCC[C@H]1[C@H](OC)[C@@H](C)C(=O)N[C@@H](Cc1ccccc1)C(=O)NCCCOC(=O)C(C)NC(=O)CCNC(=O)OCC(NC(=O)CNC(=O)CCNC(=O)CCOCC(C)(C)C)C(=O)NCCOCCOCCOCCOCCOCCOCCOCCOCCOCCOCCOCCOC)OC)N(C)C(=O)[C@@H](NC(=O)[C@H](C(C)C)N(C)C)C(C)C. The van der Waals surface area contributed by atoms with Crippen LogP contribution in [0.3, 0.4) is 0 Å². The maximum absolute atomic E-state index is 14.6. The molecule has 0 saturated carbocycles. The molecule has 132 heavy (non-hydrogen) atoms. The minimum atomic E-state index is -1.47. The van der Waals surface area contributed by atoms with Gasteiger partial charge in [-0.05, 0) is 69.0 Å². The molecule has 1 aliphatic rings. The molecule has 0 aliphatic carbocycles. The summed E-state index contributed by atoms with van der Waals surface area (Å²) in [7, 11) is 9.96. The van der Waals surface area contributed by atoms with Crippen LogP contribution in [0, 0.1) is 29.1 Å². The topological polar surface area (TPSA) is 480 Å². The highest BCUT2D eigenvalue weighted by atomic mass is 16.6. The van der Waals surface area contributed by atoms with Crippen LogP contribution in [0.25, 0.3) is 0 Å². The third kappa shape index (κ3) is 55.1. The van der Waals surface area contributed by atoms with Crippen LogP contribution in [0.5, 0.6) is 0 Å². The maximum atomic E-state index is 14.6. The fourth-order valence-corrected chi connectivity index (χ4v) is 13.8. The molecule has 0 spiro atoms. The summed E-state index contributed by atoms with van der Waals surface area (Å²) in [5.41, 5.74) is 0.689. The fourth-order valence-electron chi connectivity index (χ4n) is 13.8. The number of carbonyl (C=O) groups is 12. The minimum absolute atomic E-state index is 0.0115. The van der Waals surface area contributed by atoms with E-state index in [1.54, 1.807) is 30.9 Å². The molecule has 0 radical (unpaired) electrons. The number of nitrogens with zero attached hydrogens (tertiary/aromatic N) is 3. The number of nitrogens with one attached hydrogen (secondary N) is 9. The first-order valence-electron chi connectivity index (χ1n) is 46.3. The molecule has 41 nitrogen and oxygen atoms in total. The van der Waals surface area contributed by atoms with Crippen molar-refractivity contribution in [3.63, 3.8) is 0 Å². The monoisotopic (exact) mass is 1890 g/mol. The van der Waals surface area contributed by atoms with Crippen molar-refractivity contribution in [3.8, 4) is 0 Å². The Hall–Kier alpha value is -7.98. The molecule has 1 saturated heterocycles. The molecule has 11 amide bonds. The standard InChI is InChI=1S/C91H162N12O29/c1-18-67(6)82(102(14)88(113)80(65(2)3)100-87(112)81(66(4)5)101(12)13)74(117-16)61-79(108)103-34-22-26-73(103)83(118-17)68(7)84(109)99-71(60-70-24-20-19-21-25-70)85(110)93-30-23-35-131-89(114)69(8)97-77(106)28-32-95-90(115)132-63-72(98-78(107)62-96-75(104)27-31-92-76(105)29-36-130-64-91(9,10)11)86(111)94-33-37-119-40-41-121-44-45-123-48-49-125-52-53-127-56-57-129-59-58-128-55-54-126-51-50-124-47-46-122-43-42-120-39-38-116-15/h19-21,24-25,65-69,71-74,80-83H,18,22-23,26-64H2,1-17H3,(H,92,105)(H,93,110)(H,94,111)(H,95,115)(H,96,104)(H,97,106)(H,98,107)(H,99,109)(H,100,112)/t67-,68+,69?,71-,72?,73-,74+,80-,81-,82-,83+/m0/s1. The molecule has 2 rings (SSSR count). The quantitative estimate of drug-likeness (QED) is 0.0330. The summed E-state index contributed by atoms with van der Waals surface area (Å²) >= 11 is 0. The van der Waals surface area contributed by atoms with E-state index in [4.69, 9.17) is 80.5 Å². The van der Waals surface area contributed by atoms with Crippen LogP contribution in [-0.2, 0) is 140 Å². The van der Waals surface area contributed by atoms with Gasteiger partial charge in [0.1, 0.15) is 30.8 Å². The predicted molar refractivity (Wildman–Crippen MR) is 489 cm³/mol. The zero-order valence-corrected chi connectivity index (χ0v) is 81.8. The van der Waals surface area contributed by atoms with E-state index < -0.39 is 121 Å². The van der Waals surface area contributed by atoms with Gasteiger partial charge in [0, 0.05) is 86.8 Å². The first-order chi connectivity index (χ1) is 63.2. The third-order valence-electron chi connectivity index (χ3n) is 20.9. The summed E-state index contributed by atoms with van der Waals surface area (Å²) in [4.78, 5) is 167. The van der Waals surface area contributed by atoms with E-state index in [2.05, 4.69) is 47.9 Å². The van der Waals surface area contributed by atoms with Gasteiger partial charge < -0.3 is 138 Å². The lowest BCUT2D eigenvalue weighted by molar-refractivity contribution is -0.148. The van der Waals surface area contributed by atoms with Crippen molar-refractivity contribution in [2.45, 2.75) is 188 Å². The Kier molecular flexibility index (Phi) is 66.7. The summed E-state index contributed by atoms with van der Waals surface area (Å²) in [5.74, 6) is -6.99. The Labute approximate surface area is 782 Å². The molecule has 1 fully saturated rings. The highest BCUT2D eigenvalue weighted by molar-refractivity contribution is 5.92. The van der Waals surface area contributed by atoms with E-state index in [0.29, 0.717) is 158 Å². The van der Waals surface area contributed by atoms with Crippen molar-refractivity contribution in [3.05, 3.63) is 35.9 Å². The predicted octanol–water partition coefficient (Wildman–Crippen LogP) is 1.54. The van der Waals surface area contributed by atoms with E-state index in [-0.39, 0.29) is 151 Å². The highest BCUT2D eigenvalue weighted by Gasteiger charge is 2.44. The van der Waals surface area contributed by atoms with Crippen LogP contribution in [0.1, 0.15) is 133 Å². The Morgan fingerprint density at radius 1 is 0.477 bits per heavy atom. The fraction of sp³-hybridized carbons (Fsp3) is 0.802. The third-order valence-corrected chi connectivity index (χ3v) is 20.9. The normalized spacial score (nSPS) is 15.1. The van der Waals surface area contributed by atoms with E-state index in [0.717, 1.165) is 5.56 Å². The molecule has 11 atom stereocenters. The van der Waals surface area contributed by atoms with Crippen molar-refractivity contribution >= 4 is 71.1 Å². The molecule has 0 bridgehead atoms. The molecule has 1 aromatic rings. The summed E-state index contributed by atoms with van der Waals surface area (Å²) in [6, 6.07) is 3.02. The van der Waals surface area contributed by atoms with Gasteiger partial charge in [0.15, 0.2) is 0 Å². The summed E-state index contributed by atoms with van der Waals surface area (Å²) in [6.45, 7) is 29.2. The number of hydrogen-bond acceptors (Lipinski definition) is 30. The van der Waals surface area contributed by atoms with Gasteiger partial charge in [-0.1, -0.05) is 106 Å². The second-order valence-corrected chi connectivity index (χ2v) is 34.0. The van der Waals surface area contributed by atoms with E-state index in [1.807, 2.05) is 112 Å². The van der Waals surface area contributed by atoms with Crippen LogP contribution >= 0.6 is 0 Å². The number of methoxy groups -OCH3 is 3. The number of hydrogen-bond donors (Lipinski definition) is 9. The first-order valence-corrected chi connectivity index (χ1v) is 46.3. The van der Waals surface area contributed by atoms with E-state index in [9.17, 15) is 57.5 Å². The number of likely N-dealkylation sites (N-methyl/N-ethyl adjacent to an activating group) is 2. The molecule has 1 aromatic carbocycles. The number of carbonyl (C=O) groups excluding carboxylic acids is 12. The van der Waals surface area contributed by atoms with Gasteiger partial charge in [0.25, 0.3) is 0 Å². The summed E-state index contributed by atoms with van der Waals surface area (Å²) in [6.07, 6.45) is -1.00. The lowest BCUT2D eigenvalue weighted by Gasteiger charge is -2.41. The lowest BCUT2D eigenvalue weighted by atomic mass is 9.89. The van der Waals surface area contributed by atoms with Crippen molar-refractivity contribution in [1.29, 1.82) is 0 Å². The summed E-state index contributed by atoms with van der Waals surface area (Å²) < 4.78 is 93.8. The Morgan fingerprint density at radius 3 is 1.47 bits per heavy atom. The zero-order valence-electron chi connectivity index (χ0n) is 81.8. The lowest BCUT2D eigenvalue weighted by Crippen LogP contribution is -2.59. The molecule has 41 heteroatoms. The van der Waals surface area contributed by atoms with Crippen LogP contribution < -0.4 is 47.9 Å². The largest absolute Gasteiger partial charge is 0.464 e. The zero-order chi connectivity index (χ0) is 97.9. The highest BCUT2D eigenvalue weighted by Crippen LogP contribution is 2.30. The van der Waals surface area contributed by atoms with Gasteiger partial charge in [0.2, 0.25) is 59.1 Å². The van der Waals surface area contributed by atoms with Gasteiger partial charge in [-0.15, -0.1) is 0 Å². The number of esters is 1. The number of benzene rings is 1. The average Bonchev–Trinajstić information content (AvgIpc) is 0.911. The number of amides is 11. The molecule has 0 aromatic heterocycles. The van der Waals surface area contributed by atoms with Crippen molar-refractivity contribution < 1.29 is 138 Å². The van der Waals surface area contributed by atoms with Crippen molar-refractivity contribution in [2.75, 3.05) is 260 Å². The Morgan fingerprint density at radius 2 is 0.977 bits per heavy atom. The van der Waals surface area contributed by atoms with E-state index >= 15 is 0 Å². The minimum Gasteiger partial charge on any atom is -0.464 e. The van der Waals surface area contributed by atoms with Crippen LogP contribution in [0.4, 0.5) is 4.79 Å². The Bertz CT molecular complexity index is 3340. The molecular weight excluding hydrogens is 1730 g/mol. The van der Waals surface area contributed by atoms with Gasteiger partial charge in [0.05, 0.1) is 221 Å². The molecule has 9 N–H and O–H groups in total. The Balaban J connectivity index is 1.85. The van der Waals surface area contributed by atoms with Crippen LogP contribution in [0.15, 0.2) is 30.3 Å². The summed E-state index contributed by atoms with van der Waals surface area (Å²) in [5, 5.41) is 23.8. The van der Waals surface area contributed by atoms with Crippen LogP contribution in [-0.4, -0.2) is 400 Å². The van der Waals surface area contributed by atoms with Crippen molar-refractivity contribution in [2.24, 2.45) is 29.1 Å². The molecular formula is C91H162N12O29. The first kappa shape index (κ1) is 120. The molecule has 760 valence electrons.